The van der Waals surface area contributed by atoms with E-state index in [0.29, 0.717) is 11.9 Å². The number of anilines is 1. The highest BCUT2D eigenvalue weighted by molar-refractivity contribution is 5.20. The maximum atomic E-state index is 5.56. The number of nitrogens with one attached hydrogen (secondary N) is 1. The Morgan fingerprint density at radius 2 is 2.00 bits per heavy atom. The Kier molecular flexibility index (Phi) is 2.67. The third-order valence-corrected chi connectivity index (χ3v) is 2.50. The van der Waals surface area contributed by atoms with Gasteiger partial charge in [0.05, 0.1) is 0 Å². The molecule has 78 valence electrons. The van der Waals surface area contributed by atoms with Crippen molar-refractivity contribution in [3.8, 4) is 0 Å². The fourth-order valence-electron chi connectivity index (χ4n) is 1.64. The Bertz CT molecular complexity index is 291. The molecular weight excluding hydrogens is 180 g/mol. The van der Waals surface area contributed by atoms with Crippen molar-refractivity contribution in [3.63, 3.8) is 0 Å². The predicted molar refractivity (Wildman–Crippen MR) is 53.5 cm³/mol. The molecule has 0 radical (unpaired) electrons. The molecule has 0 saturated carbocycles. The average Bonchev–Trinajstić information content (AvgIpc) is 2.68. The normalized spacial score (nSPS) is 18.4. The van der Waals surface area contributed by atoms with Crippen LogP contribution in [0.25, 0.3) is 0 Å². The van der Waals surface area contributed by atoms with E-state index >= 15 is 0 Å². The van der Waals surface area contributed by atoms with Crippen molar-refractivity contribution in [1.29, 1.82) is 0 Å². The van der Waals surface area contributed by atoms with E-state index in [0.717, 1.165) is 31.8 Å². The molecule has 2 heterocycles. The van der Waals surface area contributed by atoms with Crippen LogP contribution in [0, 0.1) is 0 Å². The first kappa shape index (κ1) is 9.45. The highest BCUT2D eigenvalue weighted by Crippen LogP contribution is 2.25. The topological polar surface area (TPSA) is 54.2 Å². The van der Waals surface area contributed by atoms with Crippen molar-refractivity contribution in [2.75, 3.05) is 32.1 Å². The zero-order chi connectivity index (χ0) is 9.97. The van der Waals surface area contributed by atoms with Crippen molar-refractivity contribution in [2.45, 2.75) is 18.8 Å². The molecule has 1 aliphatic heterocycles. The number of hydrogen-bond donors (Lipinski definition) is 1. The predicted octanol–water partition coefficient (Wildman–Crippen LogP) is 0.603. The SMILES string of the molecule is CN(C)c1nnc(C2CCNCC2)o1. The van der Waals surface area contributed by atoms with Crippen LogP contribution in [0.15, 0.2) is 4.42 Å². The highest BCUT2D eigenvalue weighted by Gasteiger charge is 2.21. The minimum absolute atomic E-state index is 0.442. The summed E-state index contributed by atoms with van der Waals surface area (Å²) < 4.78 is 5.56. The van der Waals surface area contributed by atoms with Gasteiger partial charge in [-0.25, -0.2) is 0 Å². The molecule has 0 unspecified atom stereocenters. The largest absolute Gasteiger partial charge is 0.408 e. The van der Waals surface area contributed by atoms with Crippen molar-refractivity contribution in [3.05, 3.63) is 5.89 Å². The van der Waals surface area contributed by atoms with Crippen LogP contribution in [0.1, 0.15) is 24.7 Å². The number of piperidine rings is 1. The molecule has 1 N–H and O–H groups in total. The summed E-state index contributed by atoms with van der Waals surface area (Å²) >= 11 is 0. The summed E-state index contributed by atoms with van der Waals surface area (Å²) in [6.45, 7) is 2.09. The molecule has 5 heteroatoms. The van der Waals surface area contributed by atoms with Gasteiger partial charge in [0.1, 0.15) is 0 Å². The van der Waals surface area contributed by atoms with E-state index in [1.807, 2.05) is 19.0 Å². The van der Waals surface area contributed by atoms with E-state index in [2.05, 4.69) is 15.5 Å². The van der Waals surface area contributed by atoms with Crippen LogP contribution >= 0.6 is 0 Å². The maximum absolute atomic E-state index is 5.56. The van der Waals surface area contributed by atoms with Gasteiger partial charge in [-0.15, -0.1) is 5.10 Å². The Morgan fingerprint density at radius 1 is 1.29 bits per heavy atom. The van der Waals surface area contributed by atoms with Gasteiger partial charge in [-0.2, -0.15) is 0 Å². The van der Waals surface area contributed by atoms with E-state index in [-0.39, 0.29) is 0 Å². The van der Waals surface area contributed by atoms with Gasteiger partial charge in [0.25, 0.3) is 0 Å². The van der Waals surface area contributed by atoms with Crippen molar-refractivity contribution < 1.29 is 4.42 Å². The third kappa shape index (κ3) is 1.87. The van der Waals surface area contributed by atoms with Crippen LogP contribution < -0.4 is 10.2 Å². The number of hydrogen-bond acceptors (Lipinski definition) is 5. The Morgan fingerprint density at radius 3 is 2.57 bits per heavy atom. The van der Waals surface area contributed by atoms with Crippen LogP contribution in [0.4, 0.5) is 6.01 Å². The van der Waals surface area contributed by atoms with Crippen molar-refractivity contribution >= 4 is 6.01 Å². The summed E-state index contributed by atoms with van der Waals surface area (Å²) in [5.74, 6) is 1.23. The first-order chi connectivity index (χ1) is 6.77. The van der Waals surface area contributed by atoms with Gasteiger partial charge in [-0.3, -0.25) is 0 Å². The second kappa shape index (κ2) is 3.96. The van der Waals surface area contributed by atoms with Crippen LogP contribution in [0.5, 0.6) is 0 Å². The second-order valence-electron chi connectivity index (χ2n) is 3.84. The minimum atomic E-state index is 0.442. The lowest BCUT2D eigenvalue weighted by molar-refractivity contribution is 0.376. The summed E-state index contributed by atoms with van der Waals surface area (Å²) in [4.78, 5) is 1.83. The van der Waals surface area contributed by atoms with E-state index in [9.17, 15) is 0 Å². The molecule has 1 saturated heterocycles. The lowest BCUT2D eigenvalue weighted by Gasteiger charge is -2.18. The summed E-state index contributed by atoms with van der Waals surface area (Å²) in [6, 6.07) is 0.596. The molecule has 5 nitrogen and oxygen atoms in total. The van der Waals surface area contributed by atoms with E-state index < -0.39 is 0 Å². The summed E-state index contributed by atoms with van der Waals surface area (Å²) in [7, 11) is 3.80. The Balaban J connectivity index is 2.07. The maximum Gasteiger partial charge on any atom is 0.317 e. The van der Waals surface area contributed by atoms with Gasteiger partial charge in [-0.1, -0.05) is 5.10 Å². The molecule has 1 fully saturated rings. The monoisotopic (exact) mass is 196 g/mol. The molecule has 0 atom stereocenters. The van der Waals surface area contributed by atoms with E-state index in [1.54, 1.807) is 0 Å². The van der Waals surface area contributed by atoms with Gasteiger partial charge in [0.15, 0.2) is 0 Å². The number of nitrogens with zero attached hydrogens (tertiary/aromatic N) is 3. The van der Waals surface area contributed by atoms with E-state index in [4.69, 9.17) is 4.42 Å². The molecule has 1 aromatic rings. The first-order valence-corrected chi connectivity index (χ1v) is 4.99. The zero-order valence-corrected chi connectivity index (χ0v) is 8.66. The molecular formula is C9H16N4O. The van der Waals surface area contributed by atoms with Crippen LogP contribution in [0.3, 0.4) is 0 Å². The standard InChI is InChI=1S/C9H16N4O/c1-13(2)9-12-11-8(14-9)7-3-5-10-6-4-7/h7,10H,3-6H2,1-2H3. The third-order valence-electron chi connectivity index (χ3n) is 2.50. The fourth-order valence-corrected chi connectivity index (χ4v) is 1.64. The van der Waals surface area contributed by atoms with Gasteiger partial charge in [0.2, 0.25) is 5.89 Å². The van der Waals surface area contributed by atoms with Gasteiger partial charge >= 0.3 is 6.01 Å². The fraction of sp³-hybridized carbons (Fsp3) is 0.778. The molecule has 1 aliphatic rings. The lowest BCUT2D eigenvalue weighted by atomic mass is 9.98. The molecule has 2 rings (SSSR count). The Hall–Kier alpha value is -1.10. The van der Waals surface area contributed by atoms with Crippen LogP contribution in [-0.4, -0.2) is 37.4 Å². The quantitative estimate of drug-likeness (QED) is 0.750. The minimum Gasteiger partial charge on any atom is -0.408 e. The molecule has 0 aromatic carbocycles. The molecule has 0 aliphatic carbocycles. The summed E-state index contributed by atoms with van der Waals surface area (Å²) in [5.41, 5.74) is 0. The van der Waals surface area contributed by atoms with E-state index in [1.165, 1.54) is 0 Å². The lowest BCUT2D eigenvalue weighted by Crippen LogP contribution is -2.26. The second-order valence-corrected chi connectivity index (χ2v) is 3.84. The zero-order valence-electron chi connectivity index (χ0n) is 8.66. The molecule has 14 heavy (non-hydrogen) atoms. The van der Waals surface area contributed by atoms with Gasteiger partial charge < -0.3 is 14.6 Å². The van der Waals surface area contributed by atoms with Gasteiger partial charge in [0, 0.05) is 20.0 Å². The Labute approximate surface area is 83.5 Å². The van der Waals surface area contributed by atoms with Crippen LogP contribution in [-0.2, 0) is 0 Å². The molecule has 0 amide bonds. The molecule has 0 spiro atoms. The molecule has 0 bridgehead atoms. The number of aromatic nitrogens is 2. The summed E-state index contributed by atoms with van der Waals surface area (Å²) in [6.07, 6.45) is 2.18. The average molecular weight is 196 g/mol. The smallest absolute Gasteiger partial charge is 0.317 e. The van der Waals surface area contributed by atoms with Crippen molar-refractivity contribution in [2.24, 2.45) is 0 Å². The highest BCUT2D eigenvalue weighted by atomic mass is 16.4. The summed E-state index contributed by atoms with van der Waals surface area (Å²) in [5, 5.41) is 11.4. The van der Waals surface area contributed by atoms with Crippen molar-refractivity contribution in [1.82, 2.24) is 15.5 Å². The first-order valence-electron chi connectivity index (χ1n) is 4.99. The van der Waals surface area contributed by atoms with Crippen LogP contribution in [0.2, 0.25) is 0 Å². The number of rotatable bonds is 2. The van der Waals surface area contributed by atoms with Gasteiger partial charge in [-0.05, 0) is 25.9 Å². The molecule has 1 aromatic heterocycles.